The Morgan fingerprint density at radius 1 is 1.42 bits per heavy atom. The first-order chi connectivity index (χ1) is 8.82. The molecule has 1 atom stereocenters. The Balaban J connectivity index is 2.69. The highest BCUT2D eigenvalue weighted by atomic mass is 19.1. The Morgan fingerprint density at radius 2 is 2.05 bits per heavy atom. The Hall–Kier alpha value is -1.42. The van der Waals surface area contributed by atoms with E-state index in [-0.39, 0.29) is 17.5 Å². The second-order valence-electron chi connectivity index (χ2n) is 5.41. The minimum atomic E-state index is -0.476. The molecular weight excluding hydrogens is 243 g/mol. The zero-order valence-electron chi connectivity index (χ0n) is 12.1. The van der Waals surface area contributed by atoms with Gasteiger partial charge < -0.3 is 10.6 Å². The number of nitrogens with two attached hydrogens (primary N) is 1. The third kappa shape index (κ3) is 4.31. The van der Waals surface area contributed by atoms with Gasteiger partial charge in [-0.2, -0.15) is 0 Å². The quantitative estimate of drug-likeness (QED) is 0.890. The molecule has 0 saturated heterocycles. The van der Waals surface area contributed by atoms with Crippen LogP contribution in [0.1, 0.15) is 36.2 Å². The van der Waals surface area contributed by atoms with Gasteiger partial charge in [-0.05, 0) is 31.4 Å². The lowest BCUT2D eigenvalue weighted by Crippen LogP contribution is -2.35. The van der Waals surface area contributed by atoms with Crippen LogP contribution in [-0.2, 0) is 0 Å². The maximum Gasteiger partial charge on any atom is 0.256 e. The molecule has 19 heavy (non-hydrogen) atoms. The summed E-state index contributed by atoms with van der Waals surface area (Å²) in [6.45, 7) is 6.47. The lowest BCUT2D eigenvalue weighted by atomic mass is 10.0. The first-order valence-electron chi connectivity index (χ1n) is 6.60. The number of carbonyl (C=O) groups excluding carboxylic acids is 1. The van der Waals surface area contributed by atoms with Crippen molar-refractivity contribution in [3.8, 4) is 0 Å². The predicted octanol–water partition coefficient (Wildman–Crippen LogP) is 2.58. The molecule has 0 saturated carbocycles. The van der Waals surface area contributed by atoms with E-state index in [9.17, 15) is 9.18 Å². The Kier molecular flexibility index (Phi) is 5.48. The van der Waals surface area contributed by atoms with Crippen molar-refractivity contribution in [1.82, 2.24) is 4.90 Å². The van der Waals surface area contributed by atoms with Crippen LogP contribution in [0.25, 0.3) is 0 Å². The minimum Gasteiger partial charge on any atom is -0.342 e. The summed E-state index contributed by atoms with van der Waals surface area (Å²) in [5.74, 6) is -0.396. The number of carbonyl (C=O) groups is 1. The molecule has 0 unspecified atom stereocenters. The van der Waals surface area contributed by atoms with Gasteiger partial charge in [0.15, 0.2) is 0 Å². The Bertz CT molecular complexity index is 446. The molecule has 0 aliphatic carbocycles. The van der Waals surface area contributed by atoms with E-state index < -0.39 is 5.82 Å². The Morgan fingerprint density at radius 3 is 2.63 bits per heavy atom. The molecule has 0 aliphatic rings. The standard InChI is InChI=1S/C15H23FN2O/c1-10(2)14(17)7-8-18(4)15(19)12-9-11(3)5-6-13(12)16/h5-6,9-10,14H,7-8,17H2,1-4H3/t14-/m0/s1. The highest BCUT2D eigenvalue weighted by Gasteiger charge is 2.17. The van der Waals surface area contributed by atoms with E-state index in [1.807, 2.05) is 20.8 Å². The van der Waals surface area contributed by atoms with Crippen molar-refractivity contribution >= 4 is 5.91 Å². The fourth-order valence-corrected chi connectivity index (χ4v) is 1.79. The highest BCUT2D eigenvalue weighted by molar-refractivity contribution is 5.94. The fourth-order valence-electron chi connectivity index (χ4n) is 1.79. The summed E-state index contributed by atoms with van der Waals surface area (Å²) in [6, 6.07) is 4.62. The molecule has 4 heteroatoms. The topological polar surface area (TPSA) is 46.3 Å². The van der Waals surface area contributed by atoms with Gasteiger partial charge in [0.05, 0.1) is 5.56 Å². The molecule has 1 amide bonds. The molecular formula is C15H23FN2O. The summed E-state index contributed by atoms with van der Waals surface area (Å²) >= 11 is 0. The number of amides is 1. The normalized spacial score (nSPS) is 12.6. The average Bonchev–Trinajstić information content (AvgIpc) is 2.37. The largest absolute Gasteiger partial charge is 0.342 e. The van der Waals surface area contributed by atoms with Gasteiger partial charge in [-0.1, -0.05) is 25.5 Å². The van der Waals surface area contributed by atoms with Crippen LogP contribution in [0.4, 0.5) is 4.39 Å². The van der Waals surface area contributed by atoms with Crippen molar-refractivity contribution < 1.29 is 9.18 Å². The number of hydrogen-bond donors (Lipinski definition) is 1. The second-order valence-corrected chi connectivity index (χ2v) is 5.41. The molecule has 0 aromatic heterocycles. The first kappa shape index (κ1) is 15.6. The summed E-state index contributed by atoms with van der Waals surface area (Å²) < 4.78 is 13.6. The number of hydrogen-bond acceptors (Lipinski definition) is 2. The van der Waals surface area contributed by atoms with E-state index >= 15 is 0 Å². The SMILES string of the molecule is Cc1ccc(F)c(C(=O)N(C)CC[C@H](N)C(C)C)c1. The van der Waals surface area contributed by atoms with Crippen LogP contribution in [0.5, 0.6) is 0 Å². The zero-order valence-corrected chi connectivity index (χ0v) is 12.1. The molecule has 0 heterocycles. The smallest absolute Gasteiger partial charge is 0.256 e. The third-order valence-corrected chi connectivity index (χ3v) is 3.35. The molecule has 0 fully saturated rings. The molecule has 1 rings (SSSR count). The molecule has 0 spiro atoms. The van der Waals surface area contributed by atoms with Crippen LogP contribution < -0.4 is 5.73 Å². The highest BCUT2D eigenvalue weighted by Crippen LogP contribution is 2.13. The summed E-state index contributed by atoms with van der Waals surface area (Å²) in [6.07, 6.45) is 0.716. The monoisotopic (exact) mass is 266 g/mol. The van der Waals surface area contributed by atoms with Gasteiger partial charge in [0, 0.05) is 19.6 Å². The molecule has 3 nitrogen and oxygen atoms in total. The van der Waals surface area contributed by atoms with E-state index in [1.54, 1.807) is 19.2 Å². The van der Waals surface area contributed by atoms with Crippen molar-refractivity contribution in [3.63, 3.8) is 0 Å². The zero-order chi connectivity index (χ0) is 14.6. The van der Waals surface area contributed by atoms with Crippen molar-refractivity contribution in [2.24, 2.45) is 11.7 Å². The first-order valence-corrected chi connectivity index (χ1v) is 6.60. The third-order valence-electron chi connectivity index (χ3n) is 3.35. The van der Waals surface area contributed by atoms with Crippen LogP contribution in [0.2, 0.25) is 0 Å². The van der Waals surface area contributed by atoms with Gasteiger partial charge in [-0.15, -0.1) is 0 Å². The van der Waals surface area contributed by atoms with Crippen LogP contribution in [0.3, 0.4) is 0 Å². The van der Waals surface area contributed by atoms with E-state index in [1.165, 1.54) is 11.0 Å². The van der Waals surface area contributed by atoms with Gasteiger partial charge in [0.1, 0.15) is 5.82 Å². The van der Waals surface area contributed by atoms with Gasteiger partial charge in [0.2, 0.25) is 0 Å². The molecule has 0 radical (unpaired) electrons. The number of halogens is 1. The maximum atomic E-state index is 13.6. The van der Waals surface area contributed by atoms with Crippen LogP contribution in [0, 0.1) is 18.7 Å². The molecule has 1 aromatic rings. The average molecular weight is 266 g/mol. The van der Waals surface area contributed by atoms with Crippen molar-refractivity contribution in [1.29, 1.82) is 0 Å². The fraction of sp³-hybridized carbons (Fsp3) is 0.533. The lowest BCUT2D eigenvalue weighted by molar-refractivity contribution is 0.0784. The van der Waals surface area contributed by atoms with Crippen molar-refractivity contribution in [3.05, 3.63) is 35.1 Å². The predicted molar refractivity (Wildman–Crippen MR) is 75.5 cm³/mol. The summed E-state index contributed by atoms with van der Waals surface area (Å²) in [5.41, 5.74) is 6.94. The summed E-state index contributed by atoms with van der Waals surface area (Å²) in [4.78, 5) is 13.7. The second kappa shape index (κ2) is 6.66. The maximum absolute atomic E-state index is 13.6. The number of benzene rings is 1. The van der Waals surface area contributed by atoms with Crippen molar-refractivity contribution in [2.45, 2.75) is 33.2 Å². The lowest BCUT2D eigenvalue weighted by Gasteiger charge is -2.22. The summed E-state index contributed by atoms with van der Waals surface area (Å²) in [5, 5.41) is 0. The number of rotatable bonds is 5. The van der Waals surface area contributed by atoms with E-state index in [0.717, 1.165) is 5.56 Å². The van der Waals surface area contributed by atoms with E-state index in [0.29, 0.717) is 18.9 Å². The van der Waals surface area contributed by atoms with Crippen molar-refractivity contribution in [2.75, 3.05) is 13.6 Å². The molecule has 2 N–H and O–H groups in total. The minimum absolute atomic E-state index is 0.0533. The van der Waals surface area contributed by atoms with Crippen LogP contribution in [0.15, 0.2) is 18.2 Å². The van der Waals surface area contributed by atoms with Crippen LogP contribution in [-0.4, -0.2) is 30.4 Å². The van der Waals surface area contributed by atoms with E-state index in [2.05, 4.69) is 0 Å². The summed E-state index contributed by atoms with van der Waals surface area (Å²) in [7, 11) is 1.68. The number of nitrogens with zero attached hydrogens (tertiary/aromatic N) is 1. The molecule has 1 aromatic carbocycles. The molecule has 106 valence electrons. The molecule has 0 bridgehead atoms. The Labute approximate surface area is 114 Å². The van der Waals surface area contributed by atoms with E-state index in [4.69, 9.17) is 5.73 Å². The van der Waals surface area contributed by atoms with Gasteiger partial charge in [-0.25, -0.2) is 4.39 Å². The van der Waals surface area contributed by atoms with Gasteiger partial charge in [0.25, 0.3) is 5.91 Å². The van der Waals surface area contributed by atoms with Gasteiger partial charge in [-0.3, -0.25) is 4.79 Å². The van der Waals surface area contributed by atoms with Crippen LogP contribution >= 0.6 is 0 Å². The number of aryl methyl sites for hydroxylation is 1. The molecule has 0 aliphatic heterocycles. The van der Waals surface area contributed by atoms with Gasteiger partial charge >= 0.3 is 0 Å².